The summed E-state index contributed by atoms with van der Waals surface area (Å²) < 4.78 is 38.4. The van der Waals surface area contributed by atoms with E-state index in [9.17, 15) is 28.0 Å². The van der Waals surface area contributed by atoms with Crippen LogP contribution in [-0.4, -0.2) is 58.5 Å². The molecule has 0 saturated carbocycles. The van der Waals surface area contributed by atoms with Crippen molar-refractivity contribution in [3.8, 4) is 11.6 Å². The summed E-state index contributed by atoms with van der Waals surface area (Å²) in [5.74, 6) is -3.38. The quantitative estimate of drug-likeness (QED) is 0.399. The number of imide groups is 1. The van der Waals surface area contributed by atoms with Crippen molar-refractivity contribution < 1.29 is 32.6 Å². The number of hydrogen-bond donors (Lipinski definition) is 1. The number of hydrogen-bond acceptors (Lipinski definition) is 7. The molecule has 204 valence electrons. The highest BCUT2D eigenvalue weighted by molar-refractivity contribution is 6.31. The molecule has 3 amide bonds. The second-order valence-corrected chi connectivity index (χ2v) is 9.05. The number of likely N-dealkylation sites (tertiary alicyclic amines) is 1. The van der Waals surface area contributed by atoms with Crippen LogP contribution in [0.4, 0.5) is 8.78 Å². The number of nitrogens with one attached hydrogen (secondary N) is 1. The maximum absolute atomic E-state index is 13.9. The van der Waals surface area contributed by atoms with Crippen LogP contribution in [-0.2, 0) is 20.9 Å². The van der Waals surface area contributed by atoms with Gasteiger partial charge in [-0.2, -0.15) is 0 Å². The molecule has 1 aromatic heterocycles. The summed E-state index contributed by atoms with van der Waals surface area (Å²) in [6, 6.07) is 6.47. The summed E-state index contributed by atoms with van der Waals surface area (Å²) in [7, 11) is 1.45. The number of halogens is 3. The number of ether oxygens (including phenoxy) is 2. The number of nitrogens with zero attached hydrogens (tertiary/aromatic N) is 3. The highest BCUT2D eigenvalue weighted by atomic mass is 35.5. The molecule has 0 bridgehead atoms. The van der Waals surface area contributed by atoms with E-state index in [1.807, 2.05) is 0 Å². The van der Waals surface area contributed by atoms with Crippen LogP contribution in [0.15, 0.2) is 47.5 Å². The fraction of sp³-hybridized carbons (Fsp3) is 0.269. The molecule has 1 aliphatic heterocycles. The molecule has 1 atom stereocenters. The van der Waals surface area contributed by atoms with Gasteiger partial charge >= 0.3 is 0 Å². The Morgan fingerprint density at radius 3 is 2.67 bits per heavy atom. The van der Waals surface area contributed by atoms with Crippen LogP contribution >= 0.6 is 11.6 Å². The van der Waals surface area contributed by atoms with Crippen molar-refractivity contribution in [1.82, 2.24) is 19.8 Å². The molecule has 4 rings (SSSR count). The zero-order valence-electron chi connectivity index (χ0n) is 20.9. The van der Waals surface area contributed by atoms with Gasteiger partial charge in [0.1, 0.15) is 30.6 Å². The van der Waals surface area contributed by atoms with Gasteiger partial charge in [-0.15, -0.1) is 0 Å². The average Bonchev–Trinajstić information content (AvgIpc) is 3.16. The summed E-state index contributed by atoms with van der Waals surface area (Å²) >= 11 is 6.19. The first-order valence-corrected chi connectivity index (χ1v) is 12.1. The van der Waals surface area contributed by atoms with Crippen molar-refractivity contribution in [3.05, 3.63) is 86.4 Å². The molecule has 1 unspecified atom stereocenters. The van der Waals surface area contributed by atoms with Gasteiger partial charge in [-0.1, -0.05) is 17.7 Å². The lowest BCUT2D eigenvalue weighted by molar-refractivity contribution is -0.139. The molecule has 10 nitrogen and oxygen atoms in total. The van der Waals surface area contributed by atoms with E-state index in [1.54, 1.807) is 13.0 Å². The van der Waals surface area contributed by atoms with Crippen LogP contribution in [0, 0.1) is 18.6 Å². The third-order valence-electron chi connectivity index (χ3n) is 6.06. The largest absolute Gasteiger partial charge is 0.471 e. The van der Waals surface area contributed by atoms with E-state index >= 15 is 0 Å². The van der Waals surface area contributed by atoms with Crippen LogP contribution in [0.1, 0.15) is 27.9 Å². The minimum Gasteiger partial charge on any atom is -0.471 e. The molecule has 1 N–H and O–H groups in total. The highest BCUT2D eigenvalue weighted by Crippen LogP contribution is 2.22. The van der Waals surface area contributed by atoms with Gasteiger partial charge in [-0.25, -0.2) is 13.8 Å². The first kappa shape index (κ1) is 27.9. The van der Waals surface area contributed by atoms with E-state index in [-0.39, 0.29) is 53.9 Å². The summed E-state index contributed by atoms with van der Waals surface area (Å²) in [5.41, 5.74) is 0.339. The molecule has 1 aliphatic rings. The van der Waals surface area contributed by atoms with Gasteiger partial charge in [0.2, 0.25) is 11.8 Å². The van der Waals surface area contributed by atoms with E-state index < -0.39 is 41.0 Å². The summed E-state index contributed by atoms with van der Waals surface area (Å²) in [4.78, 5) is 55.7. The molecule has 0 aliphatic carbocycles. The third kappa shape index (κ3) is 5.96. The Morgan fingerprint density at radius 1 is 1.18 bits per heavy atom. The Labute approximate surface area is 226 Å². The van der Waals surface area contributed by atoms with Gasteiger partial charge in [0.15, 0.2) is 5.02 Å². The minimum absolute atomic E-state index is 0.0391. The lowest BCUT2D eigenvalue weighted by Gasteiger charge is -2.16. The van der Waals surface area contributed by atoms with Crippen LogP contribution in [0.25, 0.3) is 5.69 Å². The Morgan fingerprint density at radius 2 is 1.95 bits per heavy atom. The van der Waals surface area contributed by atoms with Crippen molar-refractivity contribution in [2.45, 2.75) is 26.0 Å². The fourth-order valence-corrected chi connectivity index (χ4v) is 4.13. The molecule has 2 aromatic carbocycles. The average molecular weight is 561 g/mol. The molecule has 2 heterocycles. The molecule has 1 saturated heterocycles. The predicted octanol–water partition coefficient (Wildman–Crippen LogP) is 2.56. The molecular formula is C26H23ClF2N4O6. The first-order valence-electron chi connectivity index (χ1n) is 11.7. The van der Waals surface area contributed by atoms with Crippen molar-refractivity contribution in [3.63, 3.8) is 0 Å². The number of carbonyl (C=O) groups is 3. The van der Waals surface area contributed by atoms with Crippen molar-refractivity contribution in [2.24, 2.45) is 0 Å². The summed E-state index contributed by atoms with van der Waals surface area (Å²) in [5, 5.41) is 2.17. The Hall–Kier alpha value is -4.16. The number of benzene rings is 2. The van der Waals surface area contributed by atoms with E-state index in [0.717, 1.165) is 21.9 Å². The summed E-state index contributed by atoms with van der Waals surface area (Å²) in [6.07, 6.45) is 0.969. The number of aromatic nitrogens is 2. The Kier molecular flexibility index (Phi) is 8.36. The maximum Gasteiger partial charge on any atom is 0.280 e. The second kappa shape index (κ2) is 11.7. The smallest absolute Gasteiger partial charge is 0.280 e. The minimum atomic E-state index is -1.02. The third-order valence-corrected chi connectivity index (χ3v) is 6.39. The normalized spacial score (nSPS) is 15.1. The molecule has 0 radical (unpaired) electrons. The highest BCUT2D eigenvalue weighted by Gasteiger charge is 2.39. The van der Waals surface area contributed by atoms with Crippen molar-refractivity contribution in [2.75, 3.05) is 20.3 Å². The molecule has 0 spiro atoms. The van der Waals surface area contributed by atoms with Gasteiger partial charge < -0.3 is 14.8 Å². The molecule has 3 aromatic rings. The summed E-state index contributed by atoms with van der Waals surface area (Å²) in [6.45, 7) is 1.62. The number of aryl methyl sites for hydroxylation is 1. The van der Waals surface area contributed by atoms with Crippen LogP contribution in [0.5, 0.6) is 5.88 Å². The molecule has 39 heavy (non-hydrogen) atoms. The zero-order valence-corrected chi connectivity index (χ0v) is 21.6. The Balaban J connectivity index is 1.52. The molecule has 13 heteroatoms. The van der Waals surface area contributed by atoms with E-state index in [0.29, 0.717) is 11.6 Å². The maximum atomic E-state index is 13.9. The van der Waals surface area contributed by atoms with E-state index in [4.69, 9.17) is 21.1 Å². The van der Waals surface area contributed by atoms with E-state index in [1.165, 1.54) is 25.3 Å². The number of rotatable bonds is 9. The molecule has 1 fully saturated rings. The van der Waals surface area contributed by atoms with Crippen LogP contribution < -0.4 is 15.6 Å². The number of carbonyl (C=O) groups excluding carboxylic acids is 3. The predicted molar refractivity (Wildman–Crippen MR) is 135 cm³/mol. The molecular weight excluding hydrogens is 538 g/mol. The van der Waals surface area contributed by atoms with Gasteiger partial charge in [-0.05, 0) is 36.8 Å². The van der Waals surface area contributed by atoms with Crippen molar-refractivity contribution >= 4 is 29.3 Å². The lowest BCUT2D eigenvalue weighted by Crippen LogP contribution is -2.42. The van der Waals surface area contributed by atoms with Crippen molar-refractivity contribution in [1.29, 1.82) is 0 Å². The Bertz CT molecular complexity index is 1510. The van der Waals surface area contributed by atoms with E-state index in [2.05, 4.69) is 10.3 Å². The zero-order chi connectivity index (χ0) is 28.3. The van der Waals surface area contributed by atoms with Gasteiger partial charge in [-0.3, -0.25) is 28.6 Å². The monoisotopic (exact) mass is 560 g/mol. The van der Waals surface area contributed by atoms with Gasteiger partial charge in [0.25, 0.3) is 17.4 Å². The van der Waals surface area contributed by atoms with Crippen LogP contribution in [0.2, 0.25) is 5.02 Å². The second-order valence-electron chi connectivity index (χ2n) is 8.67. The fourth-order valence-electron chi connectivity index (χ4n) is 3.94. The van der Waals surface area contributed by atoms with Crippen LogP contribution in [0.3, 0.4) is 0 Å². The first-order chi connectivity index (χ1) is 18.6. The van der Waals surface area contributed by atoms with Gasteiger partial charge in [0, 0.05) is 24.3 Å². The topological polar surface area (TPSA) is 120 Å². The lowest BCUT2D eigenvalue weighted by atomic mass is 10.1. The number of amides is 3. The standard InChI is InChI=1S/C26H23ClF2N4O6/c1-14-3-4-15(23(35)31-19-11-21(34)32(25(19)36)7-8-38-2)9-20(14)33-13-30-24(22(27)26(33)37)39-12-16-5-6-17(28)10-18(16)29/h3-6,9-10,13,19H,7-8,11-12H2,1-2H3,(H,31,35). The van der Waals surface area contributed by atoms with Gasteiger partial charge in [0.05, 0.1) is 25.3 Å². The SMILES string of the molecule is COCCN1C(=O)CC(NC(=O)c2ccc(C)c(-n3cnc(OCc4ccc(F)cc4F)c(Cl)c3=O)c2)C1=O. The number of methoxy groups -OCH3 is 1.